The normalized spacial score (nSPS) is 10.9. The van der Waals surface area contributed by atoms with Crippen molar-refractivity contribution in [3.8, 4) is 0 Å². The van der Waals surface area contributed by atoms with Crippen LogP contribution in [0.5, 0.6) is 0 Å². The molecule has 0 aliphatic heterocycles. The van der Waals surface area contributed by atoms with Crippen molar-refractivity contribution < 1.29 is 10.0 Å². The predicted octanol–water partition coefficient (Wildman–Crippen LogP) is 1.79. The molecule has 0 bridgehead atoms. The Labute approximate surface area is 113 Å². The van der Waals surface area contributed by atoms with Crippen LogP contribution in [0, 0.1) is 7.14 Å². The predicted molar refractivity (Wildman–Crippen MR) is 77.1 cm³/mol. The third-order valence-electron chi connectivity index (χ3n) is 1.90. The molecule has 0 saturated carbocycles. The molecule has 2 N–H and O–H groups in total. The Kier molecular flexibility index (Phi) is 3.37. The summed E-state index contributed by atoms with van der Waals surface area (Å²) in [6.45, 7) is 0. The summed E-state index contributed by atoms with van der Waals surface area (Å²) in [6, 6.07) is 4.08. The first-order valence-corrected chi connectivity index (χ1v) is 6.85. The van der Waals surface area contributed by atoms with Gasteiger partial charge in [-0.3, -0.25) is 0 Å². The summed E-state index contributed by atoms with van der Waals surface area (Å²) in [5.41, 5.74) is 0.603. The summed E-state index contributed by atoms with van der Waals surface area (Å²) < 4.78 is 3.33. The summed E-state index contributed by atoms with van der Waals surface area (Å²) in [4.78, 5) is 0. The fourth-order valence-electron chi connectivity index (χ4n) is 1.30. The van der Waals surface area contributed by atoms with E-state index in [1.165, 1.54) is 3.57 Å². The number of halogens is 2. The van der Waals surface area contributed by atoms with Crippen molar-refractivity contribution >= 4 is 79.2 Å². The highest BCUT2D eigenvalue weighted by molar-refractivity contribution is 14.1. The molecule has 2 aromatic rings. The van der Waals surface area contributed by atoms with E-state index in [1.807, 2.05) is 6.07 Å². The molecule has 0 spiro atoms. The van der Waals surface area contributed by atoms with E-state index in [2.05, 4.69) is 51.2 Å². The first kappa shape index (κ1) is 11.1. The zero-order valence-corrected chi connectivity index (χ0v) is 12.0. The first-order chi connectivity index (χ1) is 6.59. The van der Waals surface area contributed by atoms with Crippen LogP contribution in [0.4, 0.5) is 0 Å². The van der Waals surface area contributed by atoms with Gasteiger partial charge >= 0.3 is 7.12 Å². The lowest BCUT2D eigenvalue weighted by molar-refractivity contribution is 0.426. The van der Waals surface area contributed by atoms with Gasteiger partial charge in [-0.05, 0) is 62.7 Å². The van der Waals surface area contributed by atoms with E-state index in [-0.39, 0.29) is 0 Å². The molecule has 1 heterocycles. The molecule has 0 saturated heterocycles. The van der Waals surface area contributed by atoms with E-state index >= 15 is 0 Å². The highest BCUT2D eigenvalue weighted by Gasteiger charge is 2.18. The summed E-state index contributed by atoms with van der Waals surface area (Å²) in [7, 11) is -1.38. The number of benzene rings is 1. The van der Waals surface area contributed by atoms with Crippen molar-refractivity contribution in [2.45, 2.75) is 0 Å². The van der Waals surface area contributed by atoms with Crippen molar-refractivity contribution in [1.29, 1.82) is 0 Å². The van der Waals surface area contributed by atoms with E-state index in [0.29, 0.717) is 5.46 Å². The van der Waals surface area contributed by atoms with Gasteiger partial charge in [0.05, 0.1) is 0 Å². The van der Waals surface area contributed by atoms with Crippen LogP contribution in [0.2, 0.25) is 0 Å². The minimum absolute atomic E-state index is 0.603. The minimum Gasteiger partial charge on any atom is -0.423 e. The molecule has 1 aromatic heterocycles. The van der Waals surface area contributed by atoms with Gasteiger partial charge in [-0.15, -0.1) is 11.3 Å². The highest BCUT2D eigenvalue weighted by Crippen LogP contribution is 2.26. The Morgan fingerprint density at radius 1 is 1.21 bits per heavy atom. The number of thiophene rings is 1. The summed E-state index contributed by atoms with van der Waals surface area (Å²) in [6.07, 6.45) is 0. The molecule has 0 aliphatic rings. The molecule has 0 unspecified atom stereocenters. The van der Waals surface area contributed by atoms with E-state index in [9.17, 15) is 0 Å². The SMILES string of the molecule is OB(O)c1csc2cc(I)cc(I)c12. The standard InChI is InChI=1S/C8H5BI2O2S/c10-4-1-6(11)8-5(9(12)13)3-14-7(8)2-4/h1-3,12-13H. The fraction of sp³-hybridized carbons (Fsp3) is 0. The zero-order chi connectivity index (χ0) is 10.3. The Balaban J connectivity index is 2.79. The lowest BCUT2D eigenvalue weighted by atomic mass is 9.80. The molecule has 72 valence electrons. The molecular weight excluding hydrogens is 425 g/mol. The fourth-order valence-corrected chi connectivity index (χ4v) is 4.88. The number of hydrogen-bond acceptors (Lipinski definition) is 3. The van der Waals surface area contributed by atoms with E-state index < -0.39 is 7.12 Å². The monoisotopic (exact) mass is 430 g/mol. The van der Waals surface area contributed by atoms with Crippen molar-refractivity contribution in [3.05, 3.63) is 24.7 Å². The Morgan fingerprint density at radius 3 is 2.57 bits per heavy atom. The molecule has 2 nitrogen and oxygen atoms in total. The van der Waals surface area contributed by atoms with Crippen molar-refractivity contribution in [3.63, 3.8) is 0 Å². The van der Waals surface area contributed by atoms with E-state index in [1.54, 1.807) is 16.7 Å². The Morgan fingerprint density at radius 2 is 1.93 bits per heavy atom. The largest absolute Gasteiger partial charge is 0.489 e. The lowest BCUT2D eigenvalue weighted by Gasteiger charge is -2.00. The van der Waals surface area contributed by atoms with Gasteiger partial charge in [0.25, 0.3) is 0 Å². The number of rotatable bonds is 1. The molecule has 0 amide bonds. The summed E-state index contributed by atoms with van der Waals surface area (Å²) in [5.74, 6) is 0. The average molecular weight is 430 g/mol. The summed E-state index contributed by atoms with van der Waals surface area (Å²) in [5, 5.41) is 21.1. The first-order valence-electron chi connectivity index (χ1n) is 3.82. The molecule has 0 atom stereocenters. The molecule has 0 aliphatic carbocycles. The van der Waals surface area contributed by atoms with Gasteiger partial charge in [0.2, 0.25) is 0 Å². The van der Waals surface area contributed by atoms with Gasteiger partial charge in [0, 0.05) is 22.7 Å². The van der Waals surface area contributed by atoms with Crippen LogP contribution in [-0.2, 0) is 0 Å². The molecule has 0 radical (unpaired) electrons. The second-order valence-electron chi connectivity index (χ2n) is 2.83. The third kappa shape index (κ3) is 1.94. The van der Waals surface area contributed by atoms with Crippen LogP contribution < -0.4 is 5.46 Å². The highest BCUT2D eigenvalue weighted by atomic mass is 127. The Hall–Kier alpha value is 0.625. The second kappa shape index (κ2) is 4.24. The third-order valence-corrected chi connectivity index (χ3v) is 4.32. The van der Waals surface area contributed by atoms with Crippen molar-refractivity contribution in [1.82, 2.24) is 0 Å². The minimum atomic E-state index is -1.38. The molecular formula is C8H5BI2O2S. The van der Waals surface area contributed by atoms with E-state index in [0.717, 1.165) is 13.7 Å². The smallest absolute Gasteiger partial charge is 0.423 e. The van der Waals surface area contributed by atoms with Crippen LogP contribution in [0.1, 0.15) is 0 Å². The maximum Gasteiger partial charge on any atom is 0.489 e. The molecule has 1 aromatic carbocycles. The van der Waals surface area contributed by atoms with Gasteiger partial charge in [-0.1, -0.05) is 0 Å². The lowest BCUT2D eigenvalue weighted by Crippen LogP contribution is -2.29. The molecule has 14 heavy (non-hydrogen) atoms. The molecule has 2 rings (SSSR count). The summed E-state index contributed by atoms with van der Waals surface area (Å²) >= 11 is 6.02. The molecule has 0 fully saturated rings. The average Bonchev–Trinajstić information content (AvgIpc) is 2.47. The van der Waals surface area contributed by atoms with Crippen LogP contribution in [0.3, 0.4) is 0 Å². The van der Waals surface area contributed by atoms with Crippen molar-refractivity contribution in [2.75, 3.05) is 0 Å². The number of fused-ring (bicyclic) bond motifs is 1. The van der Waals surface area contributed by atoms with Crippen LogP contribution in [0.15, 0.2) is 17.5 Å². The van der Waals surface area contributed by atoms with Crippen LogP contribution >= 0.6 is 56.5 Å². The zero-order valence-electron chi connectivity index (χ0n) is 6.87. The quantitative estimate of drug-likeness (QED) is 0.536. The van der Waals surface area contributed by atoms with Gasteiger partial charge < -0.3 is 10.0 Å². The topological polar surface area (TPSA) is 40.5 Å². The van der Waals surface area contributed by atoms with Crippen molar-refractivity contribution in [2.24, 2.45) is 0 Å². The second-order valence-corrected chi connectivity index (χ2v) is 6.14. The molecule has 6 heteroatoms. The van der Waals surface area contributed by atoms with Gasteiger partial charge in [-0.2, -0.15) is 0 Å². The maximum atomic E-state index is 9.16. The van der Waals surface area contributed by atoms with Crippen LogP contribution in [0.25, 0.3) is 10.1 Å². The van der Waals surface area contributed by atoms with Gasteiger partial charge in [0.1, 0.15) is 0 Å². The maximum absolute atomic E-state index is 9.16. The van der Waals surface area contributed by atoms with Crippen LogP contribution in [-0.4, -0.2) is 17.2 Å². The van der Waals surface area contributed by atoms with Gasteiger partial charge in [0.15, 0.2) is 0 Å². The van der Waals surface area contributed by atoms with E-state index in [4.69, 9.17) is 10.0 Å². The number of hydrogen-bond donors (Lipinski definition) is 2. The Bertz CT molecular complexity index is 483. The van der Waals surface area contributed by atoms with Gasteiger partial charge in [-0.25, -0.2) is 0 Å².